The first kappa shape index (κ1) is 19.6. The minimum atomic E-state index is -0.638. The van der Waals surface area contributed by atoms with E-state index in [1.54, 1.807) is 24.3 Å². The number of hydrogen-bond donors (Lipinski definition) is 0. The van der Waals surface area contributed by atoms with Crippen LogP contribution in [0.15, 0.2) is 36.4 Å². The highest BCUT2D eigenvalue weighted by molar-refractivity contribution is 6.02. The first-order valence-electron chi connectivity index (χ1n) is 9.15. The van der Waals surface area contributed by atoms with E-state index in [1.807, 2.05) is 32.9 Å². The van der Waals surface area contributed by atoms with Crippen LogP contribution in [0.4, 0.5) is 5.69 Å². The van der Waals surface area contributed by atoms with E-state index in [0.717, 1.165) is 16.7 Å². The van der Waals surface area contributed by atoms with Crippen molar-refractivity contribution in [2.45, 2.75) is 27.2 Å². The van der Waals surface area contributed by atoms with Crippen molar-refractivity contribution >= 4 is 23.3 Å². The molecule has 0 fully saturated rings. The second kappa shape index (κ2) is 8.25. The molecule has 0 aliphatic carbocycles. The average molecular weight is 381 g/mol. The Bertz CT molecular complexity index is 911. The average Bonchev–Trinajstić information content (AvgIpc) is 2.78. The van der Waals surface area contributed by atoms with Crippen LogP contribution in [0.5, 0.6) is 5.75 Å². The van der Waals surface area contributed by atoms with Crippen LogP contribution >= 0.6 is 0 Å². The van der Waals surface area contributed by atoms with Gasteiger partial charge < -0.3 is 9.47 Å². The van der Waals surface area contributed by atoms with Crippen molar-refractivity contribution < 1.29 is 23.9 Å². The predicted molar refractivity (Wildman–Crippen MR) is 105 cm³/mol. The minimum absolute atomic E-state index is 0.169. The zero-order valence-electron chi connectivity index (χ0n) is 16.3. The fourth-order valence-corrected chi connectivity index (χ4v) is 3.51. The molecule has 0 bridgehead atoms. The Hall–Kier alpha value is -3.15. The first-order valence-corrected chi connectivity index (χ1v) is 9.15. The number of aryl methyl sites for hydroxylation is 3. The third-order valence-corrected chi connectivity index (χ3v) is 4.64. The Kier molecular flexibility index (Phi) is 5.78. The van der Waals surface area contributed by atoms with E-state index in [2.05, 4.69) is 0 Å². The van der Waals surface area contributed by atoms with Gasteiger partial charge in [0.25, 0.3) is 0 Å². The smallest absolute Gasteiger partial charge is 0.326 e. The summed E-state index contributed by atoms with van der Waals surface area (Å²) < 4.78 is 10.7. The molecule has 3 rings (SSSR count). The summed E-state index contributed by atoms with van der Waals surface area (Å²) in [6, 6.07) is 10.9. The molecule has 0 atom stereocenters. The molecule has 0 unspecified atom stereocenters. The highest BCUT2D eigenvalue weighted by Gasteiger charge is 2.26. The largest absolute Gasteiger partial charge is 0.491 e. The number of nitrogens with zero attached hydrogens (tertiary/aromatic N) is 1. The molecule has 6 heteroatoms. The van der Waals surface area contributed by atoms with E-state index >= 15 is 0 Å². The molecule has 146 valence electrons. The number of carbonyl (C=O) groups excluding carboxylic acids is 3. The molecule has 1 aliphatic rings. The van der Waals surface area contributed by atoms with E-state index in [9.17, 15) is 14.4 Å². The summed E-state index contributed by atoms with van der Waals surface area (Å²) in [6.07, 6.45) is 0.169. The maximum absolute atomic E-state index is 12.5. The molecule has 0 radical (unpaired) electrons. The van der Waals surface area contributed by atoms with Gasteiger partial charge in [0.15, 0.2) is 6.61 Å². The molecule has 1 amide bonds. The molecule has 2 aromatic rings. The van der Waals surface area contributed by atoms with Gasteiger partial charge in [-0.1, -0.05) is 29.8 Å². The summed E-state index contributed by atoms with van der Waals surface area (Å²) in [5, 5.41) is 0. The Labute approximate surface area is 164 Å². The number of ketones is 1. The van der Waals surface area contributed by atoms with Gasteiger partial charge >= 0.3 is 5.97 Å². The van der Waals surface area contributed by atoms with Crippen molar-refractivity contribution in [2.24, 2.45) is 0 Å². The summed E-state index contributed by atoms with van der Waals surface area (Å²) in [5.41, 5.74) is 3.88. The summed E-state index contributed by atoms with van der Waals surface area (Å²) >= 11 is 0. The van der Waals surface area contributed by atoms with Gasteiger partial charge in [-0.25, -0.2) is 0 Å². The maximum atomic E-state index is 12.5. The first-order chi connectivity index (χ1) is 13.4. The normalized spacial score (nSPS) is 13.4. The van der Waals surface area contributed by atoms with Gasteiger partial charge in [0, 0.05) is 5.56 Å². The molecular formula is C22H23NO5. The van der Waals surface area contributed by atoms with Crippen LogP contribution in [0.2, 0.25) is 0 Å². The topological polar surface area (TPSA) is 72.9 Å². The van der Waals surface area contributed by atoms with E-state index in [0.29, 0.717) is 17.0 Å². The van der Waals surface area contributed by atoms with Crippen LogP contribution in [-0.2, 0) is 14.3 Å². The Morgan fingerprint density at radius 3 is 2.50 bits per heavy atom. The second-order valence-electron chi connectivity index (χ2n) is 6.90. The fraction of sp³-hybridized carbons (Fsp3) is 0.318. The lowest BCUT2D eigenvalue weighted by molar-refractivity contribution is -0.141. The highest BCUT2D eigenvalue weighted by atomic mass is 16.5. The van der Waals surface area contributed by atoms with E-state index < -0.39 is 5.97 Å². The van der Waals surface area contributed by atoms with Crippen LogP contribution < -0.4 is 9.64 Å². The number of benzene rings is 2. The lowest BCUT2D eigenvalue weighted by Crippen LogP contribution is -2.36. The van der Waals surface area contributed by atoms with Crippen molar-refractivity contribution in [3.8, 4) is 5.75 Å². The van der Waals surface area contributed by atoms with Crippen molar-refractivity contribution in [1.29, 1.82) is 0 Å². The van der Waals surface area contributed by atoms with Gasteiger partial charge in [0.1, 0.15) is 12.3 Å². The zero-order valence-corrected chi connectivity index (χ0v) is 16.3. The number of esters is 1. The van der Waals surface area contributed by atoms with Crippen molar-refractivity contribution in [1.82, 2.24) is 0 Å². The number of para-hydroxylation sites is 2. The highest BCUT2D eigenvalue weighted by Crippen LogP contribution is 2.30. The number of hydrogen-bond acceptors (Lipinski definition) is 5. The van der Waals surface area contributed by atoms with Crippen molar-refractivity contribution in [3.63, 3.8) is 0 Å². The van der Waals surface area contributed by atoms with Gasteiger partial charge in [-0.15, -0.1) is 0 Å². The number of fused-ring (bicyclic) bond motifs is 1. The molecule has 0 aromatic heterocycles. The van der Waals surface area contributed by atoms with Gasteiger partial charge in [0.05, 0.1) is 18.7 Å². The molecule has 0 N–H and O–H groups in total. The van der Waals surface area contributed by atoms with Crippen LogP contribution in [0.1, 0.15) is 33.5 Å². The fourth-order valence-electron chi connectivity index (χ4n) is 3.51. The van der Waals surface area contributed by atoms with Crippen LogP contribution in [-0.4, -0.2) is 37.4 Å². The van der Waals surface area contributed by atoms with Gasteiger partial charge in [0.2, 0.25) is 11.7 Å². The third kappa shape index (κ3) is 4.22. The number of carbonyl (C=O) groups is 3. The number of amides is 1. The van der Waals surface area contributed by atoms with E-state index in [4.69, 9.17) is 9.47 Å². The number of Topliss-reactive ketones (excluding diaryl/α,β-unsaturated/α-hetero) is 1. The zero-order chi connectivity index (χ0) is 20.3. The molecule has 0 spiro atoms. The Morgan fingerprint density at radius 2 is 1.79 bits per heavy atom. The lowest BCUT2D eigenvalue weighted by Gasteiger charge is -2.20. The van der Waals surface area contributed by atoms with Gasteiger partial charge in [-0.2, -0.15) is 0 Å². The Morgan fingerprint density at radius 1 is 1.11 bits per heavy atom. The monoisotopic (exact) mass is 381 g/mol. The SMILES string of the molecule is Cc1cc(C)c(C(=O)COC(=O)CN2C(=O)CCOc3ccccc32)c(C)c1. The van der Waals surface area contributed by atoms with Crippen LogP contribution in [0, 0.1) is 20.8 Å². The van der Waals surface area contributed by atoms with Gasteiger partial charge in [-0.05, 0) is 44.0 Å². The predicted octanol–water partition coefficient (Wildman–Crippen LogP) is 3.15. The molecule has 2 aromatic carbocycles. The summed E-state index contributed by atoms with van der Waals surface area (Å²) in [5.74, 6) is -0.573. The molecule has 0 saturated carbocycles. The molecular weight excluding hydrogens is 358 g/mol. The lowest BCUT2D eigenvalue weighted by atomic mass is 9.97. The molecule has 0 saturated heterocycles. The van der Waals surface area contributed by atoms with Crippen LogP contribution in [0.3, 0.4) is 0 Å². The second-order valence-corrected chi connectivity index (χ2v) is 6.90. The summed E-state index contributed by atoms with van der Waals surface area (Å²) in [6.45, 7) is 5.33. The van der Waals surface area contributed by atoms with Crippen molar-refractivity contribution in [2.75, 3.05) is 24.7 Å². The Balaban J connectivity index is 1.68. The van der Waals surface area contributed by atoms with Crippen molar-refractivity contribution in [3.05, 3.63) is 58.7 Å². The molecule has 1 heterocycles. The standard InChI is InChI=1S/C22H23NO5/c1-14-10-15(2)22(16(3)11-14)18(24)13-28-21(26)12-23-17-6-4-5-7-19(17)27-9-8-20(23)25/h4-7,10-11H,8-9,12-13H2,1-3H3. The molecule has 28 heavy (non-hydrogen) atoms. The quantitative estimate of drug-likeness (QED) is 0.588. The van der Waals surface area contributed by atoms with Gasteiger partial charge in [-0.3, -0.25) is 19.3 Å². The number of anilines is 1. The summed E-state index contributed by atoms with van der Waals surface area (Å²) in [4.78, 5) is 38.6. The third-order valence-electron chi connectivity index (χ3n) is 4.64. The number of rotatable bonds is 5. The molecule has 6 nitrogen and oxygen atoms in total. The van der Waals surface area contributed by atoms with E-state index in [-0.39, 0.29) is 37.9 Å². The molecule has 1 aliphatic heterocycles. The number of ether oxygens (including phenoxy) is 2. The maximum Gasteiger partial charge on any atom is 0.326 e. The van der Waals surface area contributed by atoms with E-state index in [1.165, 1.54) is 4.90 Å². The minimum Gasteiger partial charge on any atom is -0.491 e. The summed E-state index contributed by atoms with van der Waals surface area (Å²) in [7, 11) is 0. The van der Waals surface area contributed by atoms with Crippen LogP contribution in [0.25, 0.3) is 0 Å².